The fourth-order valence-electron chi connectivity index (χ4n) is 2.55. The molecule has 0 aliphatic heterocycles. The minimum atomic E-state index is -0.747. The van der Waals surface area contributed by atoms with Crippen molar-refractivity contribution in [3.63, 3.8) is 0 Å². The summed E-state index contributed by atoms with van der Waals surface area (Å²) in [4.78, 5) is 11.9. The average molecular weight is 386 g/mol. The minimum absolute atomic E-state index is 0.0969. The van der Waals surface area contributed by atoms with E-state index in [9.17, 15) is 13.6 Å². The van der Waals surface area contributed by atoms with E-state index in [1.165, 1.54) is 17.7 Å². The Morgan fingerprint density at radius 2 is 1.89 bits per heavy atom. The fourth-order valence-corrected chi connectivity index (χ4v) is 2.55. The van der Waals surface area contributed by atoms with Crippen LogP contribution in [-0.4, -0.2) is 17.7 Å². The van der Waals surface area contributed by atoms with Gasteiger partial charge in [-0.25, -0.2) is 8.78 Å². The molecule has 0 saturated carbocycles. The summed E-state index contributed by atoms with van der Waals surface area (Å²) >= 11 is 0. The van der Waals surface area contributed by atoms with Gasteiger partial charge < -0.3 is 14.6 Å². The van der Waals surface area contributed by atoms with E-state index >= 15 is 0 Å². The number of rotatable bonds is 7. The van der Waals surface area contributed by atoms with Crippen molar-refractivity contribution < 1.29 is 22.8 Å². The Bertz CT molecular complexity index is 953. The number of hydrogen-bond donors (Lipinski definition) is 1. The van der Waals surface area contributed by atoms with Gasteiger partial charge in [-0.05, 0) is 35.7 Å². The normalized spacial score (nSPS) is 10.9. The molecule has 0 aliphatic rings. The molecule has 2 aromatic carbocycles. The molecule has 146 valence electrons. The van der Waals surface area contributed by atoms with E-state index in [4.69, 9.17) is 9.26 Å². The Balaban J connectivity index is 1.50. The third-order valence-electron chi connectivity index (χ3n) is 4.14. The SMILES string of the molecule is CC(C)c1ccc(OCC(=O)NCc2cc(-c3ccc(F)cc3F)on2)cc1. The van der Waals surface area contributed by atoms with Gasteiger partial charge in [0.15, 0.2) is 12.4 Å². The maximum atomic E-state index is 13.8. The number of carbonyl (C=O) groups is 1. The van der Waals surface area contributed by atoms with Gasteiger partial charge >= 0.3 is 0 Å². The number of ether oxygens (including phenoxy) is 1. The lowest BCUT2D eigenvalue weighted by molar-refractivity contribution is -0.123. The second kappa shape index (κ2) is 8.65. The largest absolute Gasteiger partial charge is 0.484 e. The van der Waals surface area contributed by atoms with Crippen LogP contribution < -0.4 is 10.1 Å². The molecule has 3 rings (SSSR count). The fraction of sp³-hybridized carbons (Fsp3) is 0.238. The summed E-state index contributed by atoms with van der Waals surface area (Å²) in [7, 11) is 0. The summed E-state index contributed by atoms with van der Waals surface area (Å²) in [6.07, 6.45) is 0. The van der Waals surface area contributed by atoms with E-state index in [0.29, 0.717) is 17.4 Å². The maximum Gasteiger partial charge on any atom is 0.258 e. The quantitative estimate of drug-likeness (QED) is 0.652. The number of hydrogen-bond acceptors (Lipinski definition) is 4. The molecule has 7 heteroatoms. The van der Waals surface area contributed by atoms with Gasteiger partial charge in [-0.15, -0.1) is 0 Å². The van der Waals surface area contributed by atoms with Crippen LogP contribution in [0.25, 0.3) is 11.3 Å². The second-order valence-corrected chi connectivity index (χ2v) is 6.60. The molecule has 0 aliphatic carbocycles. The van der Waals surface area contributed by atoms with Crippen molar-refractivity contribution in [1.29, 1.82) is 0 Å². The standard InChI is InChI=1S/C21H20F2N2O3/c1-13(2)14-3-6-17(7-4-14)27-12-21(26)24-11-16-10-20(28-25-16)18-8-5-15(22)9-19(18)23/h3-10,13H,11-12H2,1-2H3,(H,24,26). The highest BCUT2D eigenvalue weighted by Crippen LogP contribution is 2.24. The predicted molar refractivity (Wildman–Crippen MR) is 99.7 cm³/mol. The first-order valence-electron chi connectivity index (χ1n) is 8.83. The van der Waals surface area contributed by atoms with Gasteiger partial charge in [-0.2, -0.15) is 0 Å². The van der Waals surface area contributed by atoms with E-state index in [-0.39, 0.29) is 30.4 Å². The Hall–Kier alpha value is -3.22. The monoisotopic (exact) mass is 386 g/mol. The highest BCUT2D eigenvalue weighted by Gasteiger charge is 2.13. The van der Waals surface area contributed by atoms with Gasteiger partial charge in [0.25, 0.3) is 5.91 Å². The van der Waals surface area contributed by atoms with Crippen molar-refractivity contribution in [1.82, 2.24) is 10.5 Å². The van der Waals surface area contributed by atoms with Crippen LogP contribution in [0.1, 0.15) is 31.0 Å². The lowest BCUT2D eigenvalue weighted by Crippen LogP contribution is -2.28. The summed E-state index contributed by atoms with van der Waals surface area (Å²) in [5.74, 6) is -0.562. The Morgan fingerprint density at radius 1 is 1.14 bits per heavy atom. The lowest BCUT2D eigenvalue weighted by atomic mass is 10.0. The molecule has 28 heavy (non-hydrogen) atoms. The Morgan fingerprint density at radius 3 is 2.57 bits per heavy atom. The molecule has 1 heterocycles. The molecule has 0 unspecified atom stereocenters. The highest BCUT2D eigenvalue weighted by molar-refractivity contribution is 5.77. The number of amides is 1. The van der Waals surface area contributed by atoms with Crippen molar-refractivity contribution in [2.75, 3.05) is 6.61 Å². The van der Waals surface area contributed by atoms with Gasteiger partial charge in [0.05, 0.1) is 12.1 Å². The summed E-state index contributed by atoms with van der Waals surface area (Å²) in [5, 5.41) is 6.43. The zero-order valence-corrected chi connectivity index (χ0v) is 15.5. The van der Waals surface area contributed by atoms with Gasteiger partial charge in [-0.3, -0.25) is 4.79 Å². The molecule has 3 aromatic rings. The van der Waals surface area contributed by atoms with Crippen LogP contribution in [0.2, 0.25) is 0 Å². The maximum absolute atomic E-state index is 13.8. The molecule has 1 amide bonds. The first-order chi connectivity index (χ1) is 13.4. The topological polar surface area (TPSA) is 64.4 Å². The molecule has 0 atom stereocenters. The van der Waals surface area contributed by atoms with Crippen molar-refractivity contribution in [3.05, 3.63) is 71.4 Å². The molecule has 0 saturated heterocycles. The molecular formula is C21H20F2N2O3. The molecular weight excluding hydrogens is 366 g/mol. The summed E-state index contributed by atoms with van der Waals surface area (Å²) in [6.45, 7) is 4.16. The zero-order valence-electron chi connectivity index (χ0n) is 15.5. The van der Waals surface area contributed by atoms with Crippen LogP contribution >= 0.6 is 0 Å². The molecule has 0 fully saturated rings. The molecule has 0 radical (unpaired) electrons. The average Bonchev–Trinajstić information content (AvgIpc) is 3.13. The third-order valence-corrected chi connectivity index (χ3v) is 4.14. The number of halogens is 2. The van der Waals surface area contributed by atoms with E-state index in [1.54, 1.807) is 0 Å². The highest BCUT2D eigenvalue weighted by atomic mass is 19.1. The number of nitrogens with one attached hydrogen (secondary N) is 1. The number of carbonyl (C=O) groups excluding carboxylic acids is 1. The smallest absolute Gasteiger partial charge is 0.258 e. The first kappa shape index (κ1) is 19.5. The van der Waals surface area contributed by atoms with Crippen LogP contribution in [0.5, 0.6) is 5.75 Å². The van der Waals surface area contributed by atoms with Crippen LogP contribution in [0, 0.1) is 11.6 Å². The molecule has 1 aromatic heterocycles. The van der Waals surface area contributed by atoms with Gasteiger partial charge in [-0.1, -0.05) is 31.1 Å². The number of nitrogens with zero attached hydrogens (tertiary/aromatic N) is 1. The van der Waals surface area contributed by atoms with Crippen molar-refractivity contribution in [2.24, 2.45) is 0 Å². The van der Waals surface area contributed by atoms with Crippen LogP contribution in [-0.2, 0) is 11.3 Å². The third kappa shape index (κ3) is 4.94. The number of aromatic nitrogens is 1. The van der Waals surface area contributed by atoms with E-state index in [1.807, 2.05) is 24.3 Å². The molecule has 0 bridgehead atoms. The summed E-state index contributed by atoms with van der Waals surface area (Å²) < 4.78 is 37.3. The van der Waals surface area contributed by atoms with Crippen molar-refractivity contribution in [2.45, 2.75) is 26.3 Å². The van der Waals surface area contributed by atoms with E-state index in [2.05, 4.69) is 24.3 Å². The summed E-state index contributed by atoms with van der Waals surface area (Å²) in [6, 6.07) is 12.2. The van der Waals surface area contributed by atoms with Gasteiger partial charge in [0.1, 0.15) is 23.1 Å². The van der Waals surface area contributed by atoms with Gasteiger partial charge in [0, 0.05) is 12.1 Å². The molecule has 1 N–H and O–H groups in total. The van der Waals surface area contributed by atoms with Crippen molar-refractivity contribution in [3.8, 4) is 17.1 Å². The number of benzene rings is 2. The van der Waals surface area contributed by atoms with E-state index in [0.717, 1.165) is 12.1 Å². The minimum Gasteiger partial charge on any atom is -0.484 e. The van der Waals surface area contributed by atoms with Crippen molar-refractivity contribution >= 4 is 5.91 Å². The van der Waals surface area contributed by atoms with Gasteiger partial charge in [0.2, 0.25) is 0 Å². The zero-order chi connectivity index (χ0) is 20.1. The summed E-state index contributed by atoms with van der Waals surface area (Å²) in [5.41, 5.74) is 1.70. The van der Waals surface area contributed by atoms with E-state index < -0.39 is 11.6 Å². The molecule has 5 nitrogen and oxygen atoms in total. The predicted octanol–water partition coefficient (Wildman–Crippen LogP) is 4.44. The first-order valence-corrected chi connectivity index (χ1v) is 8.83. The Kier molecular flexibility index (Phi) is 6.03. The molecule has 0 spiro atoms. The second-order valence-electron chi connectivity index (χ2n) is 6.60. The lowest BCUT2D eigenvalue weighted by Gasteiger charge is -2.09. The van der Waals surface area contributed by atoms with Crippen LogP contribution in [0.4, 0.5) is 8.78 Å². The van der Waals surface area contributed by atoms with Crippen LogP contribution in [0.15, 0.2) is 53.1 Å². The van der Waals surface area contributed by atoms with Crippen LogP contribution in [0.3, 0.4) is 0 Å². The Labute approximate surface area is 161 Å².